The number of halogens is 1. The van der Waals surface area contributed by atoms with Gasteiger partial charge in [-0.25, -0.2) is 9.69 Å². The quantitative estimate of drug-likeness (QED) is 0.772. The Labute approximate surface area is 139 Å². The number of hydrogen-bond acceptors (Lipinski definition) is 4. The van der Waals surface area contributed by atoms with Crippen LogP contribution in [-0.4, -0.2) is 44.6 Å². The Bertz CT molecular complexity index is 520. The van der Waals surface area contributed by atoms with Gasteiger partial charge in [-0.05, 0) is 36.5 Å². The lowest BCUT2D eigenvalue weighted by Crippen LogP contribution is -2.60. The van der Waals surface area contributed by atoms with Crippen LogP contribution in [0.15, 0.2) is 0 Å². The second-order valence-corrected chi connectivity index (χ2v) is 8.79. The van der Waals surface area contributed by atoms with Crippen molar-refractivity contribution >= 4 is 27.9 Å². The minimum Gasteiger partial charge on any atom is -0.443 e. The fourth-order valence-electron chi connectivity index (χ4n) is 4.79. The summed E-state index contributed by atoms with van der Waals surface area (Å²) >= 11 is 3.30. The van der Waals surface area contributed by atoms with Crippen molar-refractivity contribution in [2.45, 2.75) is 69.5 Å². The summed E-state index contributed by atoms with van der Waals surface area (Å²) in [4.78, 5) is 25.9. The average molecular weight is 374 g/mol. The number of aliphatic hydroxyl groups is 1. The number of carbonyl (C=O) groups excluding carboxylic acids is 2. The molecule has 2 aliphatic carbocycles. The molecule has 6 heteroatoms. The molecule has 2 saturated carbocycles. The van der Waals surface area contributed by atoms with E-state index in [1.54, 1.807) is 0 Å². The van der Waals surface area contributed by atoms with Crippen molar-refractivity contribution in [3.8, 4) is 0 Å². The molecule has 1 spiro atoms. The van der Waals surface area contributed by atoms with E-state index in [-0.39, 0.29) is 23.3 Å². The minimum atomic E-state index is -0.836. The van der Waals surface area contributed by atoms with Crippen LogP contribution in [-0.2, 0) is 9.53 Å². The summed E-state index contributed by atoms with van der Waals surface area (Å²) < 4.78 is 5.53. The van der Waals surface area contributed by atoms with Crippen LogP contribution in [0.5, 0.6) is 0 Å². The van der Waals surface area contributed by atoms with Gasteiger partial charge in [0.05, 0.1) is 11.6 Å². The fraction of sp³-hybridized carbons (Fsp3) is 0.875. The van der Waals surface area contributed by atoms with Crippen LogP contribution >= 0.6 is 15.9 Å². The van der Waals surface area contributed by atoms with Crippen LogP contribution in [0, 0.1) is 17.3 Å². The number of hydrogen-bond donors (Lipinski definition) is 1. The van der Waals surface area contributed by atoms with E-state index in [2.05, 4.69) is 29.8 Å². The van der Waals surface area contributed by atoms with Crippen molar-refractivity contribution in [1.82, 2.24) is 4.90 Å². The molecule has 0 aromatic carbocycles. The molecule has 3 unspecified atom stereocenters. The summed E-state index contributed by atoms with van der Waals surface area (Å²) in [6.07, 6.45) is 1.06. The second kappa shape index (κ2) is 4.94. The lowest BCUT2D eigenvalue weighted by molar-refractivity contribution is -0.136. The van der Waals surface area contributed by atoms with Gasteiger partial charge in [0, 0.05) is 0 Å². The highest BCUT2D eigenvalue weighted by Crippen LogP contribution is 2.66. The van der Waals surface area contributed by atoms with E-state index in [1.165, 1.54) is 4.90 Å². The van der Waals surface area contributed by atoms with Crippen LogP contribution in [0.1, 0.15) is 47.0 Å². The van der Waals surface area contributed by atoms with Crippen LogP contribution in [0.3, 0.4) is 0 Å². The topological polar surface area (TPSA) is 66.8 Å². The third-order valence-corrected chi connectivity index (χ3v) is 7.24. The van der Waals surface area contributed by atoms with E-state index in [0.29, 0.717) is 5.92 Å². The van der Waals surface area contributed by atoms with E-state index in [4.69, 9.17) is 4.74 Å². The summed E-state index contributed by atoms with van der Waals surface area (Å²) in [6, 6.07) is 0. The number of imide groups is 1. The Morgan fingerprint density at radius 1 is 1.45 bits per heavy atom. The lowest BCUT2D eigenvalue weighted by Gasteiger charge is -2.42. The zero-order valence-corrected chi connectivity index (χ0v) is 15.1. The highest BCUT2D eigenvalue weighted by molar-refractivity contribution is 9.10. The number of ether oxygens (including phenoxy) is 1. The van der Waals surface area contributed by atoms with Gasteiger partial charge in [0.15, 0.2) is 0 Å². The number of amides is 2. The van der Waals surface area contributed by atoms with E-state index in [1.807, 2.05) is 13.8 Å². The van der Waals surface area contributed by atoms with Crippen molar-refractivity contribution in [3.05, 3.63) is 0 Å². The van der Waals surface area contributed by atoms with E-state index >= 15 is 0 Å². The molecule has 3 fully saturated rings. The molecule has 22 heavy (non-hydrogen) atoms. The number of aliphatic hydroxyl groups excluding tert-OH is 1. The summed E-state index contributed by atoms with van der Waals surface area (Å²) in [5.41, 5.74) is -0.691. The molecule has 2 bridgehead atoms. The highest BCUT2D eigenvalue weighted by atomic mass is 79.9. The van der Waals surface area contributed by atoms with Gasteiger partial charge in [0.2, 0.25) is 5.91 Å². The van der Waals surface area contributed by atoms with Crippen LogP contribution in [0.25, 0.3) is 0 Å². The largest absolute Gasteiger partial charge is 0.443 e. The number of carbonyl (C=O) groups is 2. The maximum absolute atomic E-state index is 12.9. The first kappa shape index (κ1) is 16.2. The Morgan fingerprint density at radius 3 is 2.64 bits per heavy atom. The number of fused-ring (bicyclic) bond motifs is 1. The van der Waals surface area contributed by atoms with Gasteiger partial charge in [-0.3, -0.25) is 4.79 Å². The van der Waals surface area contributed by atoms with Gasteiger partial charge in [-0.2, -0.15) is 0 Å². The van der Waals surface area contributed by atoms with Gasteiger partial charge in [0.25, 0.3) is 0 Å². The summed E-state index contributed by atoms with van der Waals surface area (Å²) in [7, 11) is 0. The molecule has 0 radical (unpaired) electrons. The molecule has 0 aromatic rings. The third kappa shape index (κ3) is 1.80. The molecular weight excluding hydrogens is 350 g/mol. The number of alkyl halides is 1. The van der Waals surface area contributed by atoms with E-state index in [9.17, 15) is 14.7 Å². The smallest absolute Gasteiger partial charge is 0.417 e. The van der Waals surface area contributed by atoms with Crippen molar-refractivity contribution in [2.75, 3.05) is 0 Å². The van der Waals surface area contributed by atoms with Crippen molar-refractivity contribution in [2.24, 2.45) is 17.3 Å². The second-order valence-electron chi connectivity index (χ2n) is 7.80. The van der Waals surface area contributed by atoms with Crippen molar-refractivity contribution in [3.63, 3.8) is 0 Å². The first-order chi connectivity index (χ1) is 10.1. The van der Waals surface area contributed by atoms with Gasteiger partial charge in [-0.15, -0.1) is 0 Å². The maximum atomic E-state index is 12.9. The summed E-state index contributed by atoms with van der Waals surface area (Å²) in [6.45, 7) is 7.96. The van der Waals surface area contributed by atoms with Gasteiger partial charge in [0.1, 0.15) is 10.9 Å². The minimum absolute atomic E-state index is 0.0758. The molecule has 1 heterocycles. The highest BCUT2D eigenvalue weighted by Gasteiger charge is 2.74. The van der Waals surface area contributed by atoms with Gasteiger partial charge in [-0.1, -0.05) is 43.6 Å². The lowest BCUT2D eigenvalue weighted by atomic mass is 9.74. The Balaban J connectivity index is 1.96. The zero-order valence-electron chi connectivity index (χ0n) is 13.5. The Hall–Kier alpha value is -0.620. The molecule has 1 aliphatic heterocycles. The monoisotopic (exact) mass is 373 g/mol. The molecular formula is C16H24BrNO4. The zero-order chi connectivity index (χ0) is 16.4. The Kier molecular flexibility index (Phi) is 3.64. The van der Waals surface area contributed by atoms with Gasteiger partial charge >= 0.3 is 6.09 Å². The van der Waals surface area contributed by atoms with Crippen molar-refractivity contribution in [1.29, 1.82) is 0 Å². The molecule has 5 nitrogen and oxygen atoms in total. The predicted molar refractivity (Wildman–Crippen MR) is 84.5 cm³/mol. The molecule has 0 aromatic heterocycles. The van der Waals surface area contributed by atoms with Gasteiger partial charge < -0.3 is 9.84 Å². The molecule has 124 valence electrons. The molecule has 2 amide bonds. The van der Waals surface area contributed by atoms with Crippen LogP contribution in [0.2, 0.25) is 0 Å². The number of rotatable bonds is 3. The van der Waals surface area contributed by atoms with Crippen molar-refractivity contribution < 1.29 is 19.4 Å². The molecule has 1 saturated heterocycles. The summed E-state index contributed by atoms with van der Waals surface area (Å²) in [5, 5.41) is 10.2. The third-order valence-electron chi connectivity index (χ3n) is 6.31. The average Bonchev–Trinajstić information content (AvgIpc) is 2.96. The van der Waals surface area contributed by atoms with E-state index in [0.717, 1.165) is 19.3 Å². The van der Waals surface area contributed by atoms with Crippen LogP contribution in [0.4, 0.5) is 4.79 Å². The predicted octanol–water partition coefficient (Wildman–Crippen LogP) is 2.69. The molecule has 3 aliphatic rings. The number of nitrogens with zero attached hydrogens (tertiary/aromatic N) is 1. The maximum Gasteiger partial charge on any atom is 0.417 e. The molecule has 1 N–H and O–H groups in total. The first-order valence-corrected chi connectivity index (χ1v) is 8.93. The van der Waals surface area contributed by atoms with E-state index < -0.39 is 22.6 Å². The fourth-order valence-corrected chi connectivity index (χ4v) is 5.61. The molecule has 5 atom stereocenters. The summed E-state index contributed by atoms with van der Waals surface area (Å²) in [5.74, 6) is 0.0298. The Morgan fingerprint density at radius 2 is 2.09 bits per heavy atom. The normalized spacial score (nSPS) is 38.1. The molecule has 3 rings (SSSR count). The first-order valence-electron chi connectivity index (χ1n) is 8.01. The SMILES string of the molecule is CC(C)[C@H](O)[C@@H](Br)C(=O)N1C(=O)OC2CC3CCC21C3(C)C. The standard InChI is InChI=1S/C16H24BrNO4/c1-8(2)12(19)11(17)13(20)18-14(21)22-10-7-9-5-6-16(10,18)15(9,3)4/h8-12,19H,5-7H2,1-4H3/t9?,10?,11-,12+,16?/m1/s1. The van der Waals surface area contributed by atoms with Crippen LogP contribution < -0.4 is 0 Å².